The number of ether oxygens (including phenoxy) is 13. The number of allylic oxidation sites excluding steroid dienone is 2. The van der Waals surface area contributed by atoms with Gasteiger partial charge in [-0.15, -0.1) is 13.2 Å². The minimum atomic E-state index is -4.42. The van der Waals surface area contributed by atoms with Crippen LogP contribution in [0.25, 0.3) is 0 Å². The molecule has 0 bridgehead atoms. The molecule has 12 atom stereocenters. The first-order valence-corrected chi connectivity index (χ1v) is 42.3. The van der Waals surface area contributed by atoms with Gasteiger partial charge in [0.1, 0.15) is 62.0 Å². The molecule has 2 saturated heterocycles. The highest BCUT2D eigenvalue weighted by Gasteiger charge is 2.54. The van der Waals surface area contributed by atoms with Crippen molar-refractivity contribution in [1.82, 2.24) is 0 Å². The third-order valence-electron chi connectivity index (χ3n) is 18.9. The SMILES string of the molecule is C=CCOC(=O)O[C@H](CCCCCCCCCCC)CCO[C@H]1C(O)O[C@H](CO[C@@H]2O[C@H](COC)[C@@H](OP(=O)(OCC=C)OCC=C)[C@H](OCC[C@@H](CCCCCCC)OC)[C@H]2OCCCCCCCCCCC=CCCCCCC)[C@@H](OC(=O)OCC=C)[C@@H]1OCCCCCCCCCCCC. The van der Waals surface area contributed by atoms with Crippen LogP contribution in [-0.4, -0.2) is 171 Å². The number of carbonyl (C=O) groups excluding carboxylic acids is 2. The van der Waals surface area contributed by atoms with E-state index in [4.69, 9.17) is 75.2 Å². The molecule has 0 saturated carbocycles. The number of hydrogen-bond acceptors (Lipinski definition) is 20. The van der Waals surface area contributed by atoms with Gasteiger partial charge in [0.15, 0.2) is 18.7 Å². The second-order valence-corrected chi connectivity index (χ2v) is 29.4. The van der Waals surface area contributed by atoms with Crippen LogP contribution >= 0.6 is 7.82 Å². The summed E-state index contributed by atoms with van der Waals surface area (Å²) in [6.45, 7) is 23.6. The highest BCUT2D eigenvalue weighted by atomic mass is 31.2. The number of unbranched alkanes of at least 4 members (excludes halogenated alkanes) is 33. The topological polar surface area (TPSA) is 219 Å². The molecule has 2 heterocycles. The molecule has 0 aromatic heterocycles. The van der Waals surface area contributed by atoms with Crippen LogP contribution < -0.4 is 0 Å². The molecule has 2 rings (SSSR count). The molecule has 0 aliphatic carbocycles. The number of hydrogen-bond donors (Lipinski definition) is 1. The van der Waals surface area contributed by atoms with E-state index in [9.17, 15) is 19.3 Å². The van der Waals surface area contributed by atoms with E-state index in [0.717, 1.165) is 116 Å². The number of aliphatic hydroxyl groups is 1. The van der Waals surface area contributed by atoms with Gasteiger partial charge < -0.3 is 66.7 Å². The van der Waals surface area contributed by atoms with E-state index < -0.39 is 87.6 Å². The highest BCUT2D eigenvalue weighted by molar-refractivity contribution is 7.48. The van der Waals surface area contributed by atoms with Crippen molar-refractivity contribution in [3.05, 3.63) is 62.8 Å². The Balaban J connectivity index is 2.67. The molecular weight excluding hydrogens is 1340 g/mol. The number of rotatable bonds is 73. The summed E-state index contributed by atoms with van der Waals surface area (Å²) in [5.74, 6) is 0. The third-order valence-corrected chi connectivity index (χ3v) is 20.3. The molecule has 1 N–H and O–H groups in total. The lowest BCUT2D eigenvalue weighted by Gasteiger charge is -2.47. The van der Waals surface area contributed by atoms with Crippen molar-refractivity contribution in [2.24, 2.45) is 0 Å². The molecule has 0 radical (unpaired) electrons. The van der Waals surface area contributed by atoms with Crippen LogP contribution in [0.4, 0.5) is 9.59 Å². The van der Waals surface area contributed by atoms with Crippen molar-refractivity contribution in [1.29, 1.82) is 0 Å². The first-order chi connectivity index (χ1) is 50.4. The fourth-order valence-electron chi connectivity index (χ4n) is 13.0. The lowest BCUT2D eigenvalue weighted by atomic mass is 9.97. The van der Waals surface area contributed by atoms with E-state index in [-0.39, 0.29) is 78.6 Å². The summed E-state index contributed by atoms with van der Waals surface area (Å²) >= 11 is 0. The normalized spacial score (nSPS) is 21.3. The molecule has 103 heavy (non-hydrogen) atoms. The van der Waals surface area contributed by atoms with Gasteiger partial charge in [0.25, 0.3) is 0 Å². The molecule has 1 unspecified atom stereocenters. The summed E-state index contributed by atoms with van der Waals surface area (Å²) in [7, 11) is -1.19. The predicted molar refractivity (Wildman–Crippen MR) is 410 cm³/mol. The quantitative estimate of drug-likeness (QED) is 0.0259. The van der Waals surface area contributed by atoms with Gasteiger partial charge in [0, 0.05) is 40.5 Å². The molecule has 0 aromatic rings. The number of phosphoric acid groups is 1. The maximum absolute atomic E-state index is 14.8. The standard InChI is InChI=1S/C82H149O20P/c1-11-19-23-27-30-33-35-36-37-38-39-40-43-46-50-54-64-90-78-76(91-65-57-69(88-10)55-51-47-26-22-14-4)74(102-103(86,96-61-17-7)97-62-18-8)71(67-87-9)100-80(78)95-68-72-73(101-82(85)94-60-16-6)75(89-63-53-49-45-42-34-31-28-24-20-12-2)77(79(83)99-72)92-66-58-70(98-81(84)93-59-15-5)56-52-48-44-41-32-29-25-21-13-3/h15-18,33,35,69-80,83H,5-8,11-14,19-32,34,36-68H2,1-4,9-10H3/t69-,70-,71-,72-,73-,74-,75+,76+,77-,78-,79?,80-/m1/s1. The Morgan fingerprint density at radius 3 is 1.30 bits per heavy atom. The molecule has 20 nitrogen and oxygen atoms in total. The lowest BCUT2D eigenvalue weighted by molar-refractivity contribution is -0.338. The van der Waals surface area contributed by atoms with Gasteiger partial charge in [-0.2, -0.15) is 0 Å². The predicted octanol–water partition coefficient (Wildman–Crippen LogP) is 21.0. The van der Waals surface area contributed by atoms with Crippen LogP contribution in [0, 0.1) is 0 Å². The maximum Gasteiger partial charge on any atom is 0.509 e. The summed E-state index contributed by atoms with van der Waals surface area (Å²) in [6, 6.07) is 0. The smallest absolute Gasteiger partial charge is 0.431 e. The molecular formula is C82H149O20P. The van der Waals surface area contributed by atoms with Gasteiger partial charge in [0.05, 0.1) is 39.1 Å². The van der Waals surface area contributed by atoms with Crippen LogP contribution in [0.5, 0.6) is 0 Å². The lowest BCUT2D eigenvalue weighted by Crippen LogP contribution is -2.64. The van der Waals surface area contributed by atoms with E-state index >= 15 is 0 Å². The zero-order valence-corrected chi connectivity index (χ0v) is 66.5. The van der Waals surface area contributed by atoms with E-state index in [0.29, 0.717) is 25.7 Å². The van der Waals surface area contributed by atoms with Crippen molar-refractivity contribution < 1.29 is 94.4 Å². The van der Waals surface area contributed by atoms with Crippen molar-refractivity contribution >= 4 is 20.1 Å². The Labute approximate surface area is 625 Å². The monoisotopic (exact) mass is 1490 g/mol. The first kappa shape index (κ1) is 96.0. The first-order valence-electron chi connectivity index (χ1n) is 40.8. The van der Waals surface area contributed by atoms with Crippen LogP contribution in [0.2, 0.25) is 0 Å². The van der Waals surface area contributed by atoms with Crippen LogP contribution in [0.3, 0.4) is 0 Å². The fourth-order valence-corrected chi connectivity index (χ4v) is 14.3. The van der Waals surface area contributed by atoms with E-state index in [1.54, 1.807) is 7.11 Å². The molecule has 0 amide bonds. The Morgan fingerprint density at radius 2 is 0.816 bits per heavy atom. The van der Waals surface area contributed by atoms with E-state index in [1.165, 1.54) is 153 Å². The Kier molecular flexibility index (Phi) is 62.6. The molecule has 2 aliphatic rings. The number of phosphoric ester groups is 1. The Hall–Kier alpha value is -3.05. The largest absolute Gasteiger partial charge is 0.509 e. The summed E-state index contributed by atoms with van der Waals surface area (Å²) in [5, 5.41) is 12.3. The summed E-state index contributed by atoms with van der Waals surface area (Å²) < 4.78 is 115. The van der Waals surface area contributed by atoms with Crippen LogP contribution in [-0.2, 0) is 79.7 Å². The average molecular weight is 1490 g/mol. The molecule has 0 aromatic carbocycles. The number of carbonyl (C=O) groups is 2. The van der Waals surface area contributed by atoms with Crippen molar-refractivity contribution in [2.45, 2.75) is 371 Å². The van der Waals surface area contributed by atoms with Crippen LogP contribution in [0.1, 0.15) is 297 Å². The number of methoxy groups -OCH3 is 2. The summed E-state index contributed by atoms with van der Waals surface area (Å²) in [6.07, 6.45) is 40.7. The Bertz CT molecular complexity index is 2090. The van der Waals surface area contributed by atoms with Gasteiger partial charge in [-0.05, 0) is 64.2 Å². The van der Waals surface area contributed by atoms with Crippen LogP contribution in [0.15, 0.2) is 62.8 Å². The fraction of sp³-hybridized carbons (Fsp3) is 0.854. The minimum absolute atomic E-state index is 0.000956. The van der Waals surface area contributed by atoms with Gasteiger partial charge >= 0.3 is 20.1 Å². The zero-order valence-electron chi connectivity index (χ0n) is 65.6. The van der Waals surface area contributed by atoms with E-state index in [1.807, 2.05) is 0 Å². The molecule has 0 spiro atoms. The van der Waals surface area contributed by atoms with E-state index in [2.05, 4.69) is 66.2 Å². The third kappa shape index (κ3) is 47.5. The van der Waals surface area contributed by atoms with Gasteiger partial charge in [-0.1, -0.05) is 276 Å². The summed E-state index contributed by atoms with van der Waals surface area (Å²) in [5.41, 5.74) is 0. The zero-order chi connectivity index (χ0) is 74.9. The van der Waals surface area contributed by atoms with Crippen molar-refractivity contribution in [2.75, 3.05) is 80.3 Å². The summed E-state index contributed by atoms with van der Waals surface area (Å²) in [4.78, 5) is 26.8. The van der Waals surface area contributed by atoms with Gasteiger partial charge in [-0.3, -0.25) is 13.6 Å². The minimum Gasteiger partial charge on any atom is -0.431 e. The second-order valence-electron chi connectivity index (χ2n) is 27.8. The number of aliphatic hydroxyl groups excluding tert-OH is 1. The molecule has 21 heteroatoms. The maximum atomic E-state index is 14.8. The molecule has 2 fully saturated rings. The van der Waals surface area contributed by atoms with Gasteiger partial charge in [-0.25, -0.2) is 14.2 Å². The Morgan fingerprint density at radius 1 is 0.417 bits per heavy atom. The average Bonchev–Trinajstić information content (AvgIpc) is 0.784. The highest BCUT2D eigenvalue weighted by Crippen LogP contribution is 2.53. The van der Waals surface area contributed by atoms with Gasteiger partial charge in [0.2, 0.25) is 0 Å². The molecule has 2 aliphatic heterocycles. The molecule has 602 valence electrons. The van der Waals surface area contributed by atoms with Crippen molar-refractivity contribution in [3.63, 3.8) is 0 Å². The second kappa shape index (κ2) is 67.1. The van der Waals surface area contributed by atoms with Crippen molar-refractivity contribution in [3.8, 4) is 0 Å².